The monoisotopic (exact) mass is 814 g/mol. The highest BCUT2D eigenvalue weighted by Crippen LogP contribution is 2.47. The fourth-order valence-electron chi connectivity index (χ4n) is 9.24. The van der Waals surface area contributed by atoms with Gasteiger partial charge in [0, 0.05) is 33.5 Å². The summed E-state index contributed by atoms with van der Waals surface area (Å²) in [5.41, 5.74) is 20.3. The number of fused-ring (bicyclic) bond motifs is 7. The molecule has 0 radical (unpaired) electrons. The lowest BCUT2D eigenvalue weighted by atomic mass is 9.95. The Kier molecular flexibility index (Phi) is 12.1. The molecule has 0 saturated heterocycles. The zero-order valence-corrected chi connectivity index (χ0v) is 36.8. The topological polar surface area (TPSA) is 8.17 Å². The Balaban J connectivity index is 0.000000798. The second kappa shape index (κ2) is 18.7. The van der Waals surface area contributed by atoms with Gasteiger partial charge in [-0.05, 0) is 149 Å². The van der Waals surface area contributed by atoms with Crippen molar-refractivity contribution >= 4 is 44.4 Å². The maximum absolute atomic E-state index is 2.42. The molecule has 308 valence electrons. The molecule has 1 aromatic heterocycles. The third kappa shape index (κ3) is 7.97. The maximum atomic E-state index is 2.42. The third-order valence-electron chi connectivity index (χ3n) is 12.3. The van der Waals surface area contributed by atoms with E-state index in [4.69, 9.17) is 0 Å². The van der Waals surface area contributed by atoms with Crippen molar-refractivity contribution in [1.29, 1.82) is 0 Å². The number of hydrogen-bond donors (Lipinski definition) is 0. The van der Waals surface area contributed by atoms with Gasteiger partial charge in [-0.1, -0.05) is 172 Å². The number of benzene rings is 8. The number of allylic oxidation sites excluding steroid dienone is 6. The van der Waals surface area contributed by atoms with Crippen LogP contribution in [0.3, 0.4) is 0 Å². The Morgan fingerprint density at radius 2 is 1.02 bits per heavy atom. The number of hydrogen-bond acceptors (Lipinski definition) is 1. The maximum Gasteiger partial charge on any atom is 0.0544 e. The van der Waals surface area contributed by atoms with Crippen LogP contribution in [0, 0.1) is 0 Å². The Morgan fingerprint density at radius 1 is 0.460 bits per heavy atom. The molecule has 0 bridgehead atoms. The molecule has 63 heavy (non-hydrogen) atoms. The summed E-state index contributed by atoms with van der Waals surface area (Å²) in [6.45, 7) is 8.00. The van der Waals surface area contributed by atoms with Crippen molar-refractivity contribution < 1.29 is 0 Å². The second-order valence-corrected chi connectivity index (χ2v) is 15.8. The molecule has 0 saturated carbocycles. The van der Waals surface area contributed by atoms with Crippen LogP contribution in [0.25, 0.3) is 66.4 Å². The normalized spacial score (nSPS) is 12.5. The van der Waals surface area contributed by atoms with E-state index in [0.717, 1.165) is 36.3 Å². The Bertz CT molecular complexity index is 3070. The molecule has 0 spiro atoms. The zero-order valence-electron chi connectivity index (χ0n) is 36.8. The van der Waals surface area contributed by atoms with Crippen molar-refractivity contribution in [2.45, 2.75) is 47.0 Å². The minimum absolute atomic E-state index is 0.904. The van der Waals surface area contributed by atoms with Gasteiger partial charge in [0.15, 0.2) is 0 Å². The quantitative estimate of drug-likeness (QED) is 0.146. The fraction of sp³-hybridized carbons (Fsp3) is 0.115. The molecule has 0 unspecified atom stereocenters. The van der Waals surface area contributed by atoms with E-state index in [1.165, 1.54) is 83.1 Å². The number of aromatic nitrogens is 1. The van der Waals surface area contributed by atoms with E-state index >= 15 is 0 Å². The van der Waals surface area contributed by atoms with E-state index in [-0.39, 0.29) is 0 Å². The van der Waals surface area contributed by atoms with E-state index < -0.39 is 0 Å². The molecule has 0 N–H and O–H groups in total. The minimum atomic E-state index is 0.904. The van der Waals surface area contributed by atoms with Gasteiger partial charge < -0.3 is 9.47 Å². The van der Waals surface area contributed by atoms with E-state index in [1.54, 1.807) is 0 Å². The van der Waals surface area contributed by atoms with Gasteiger partial charge in [0.25, 0.3) is 0 Å². The molecule has 2 heteroatoms. The van der Waals surface area contributed by atoms with Crippen LogP contribution >= 0.6 is 0 Å². The van der Waals surface area contributed by atoms with Crippen LogP contribution in [0.1, 0.15) is 57.2 Å². The van der Waals surface area contributed by atoms with E-state index in [0.29, 0.717) is 0 Å². The van der Waals surface area contributed by atoms with Crippen LogP contribution in [0.2, 0.25) is 0 Å². The summed E-state index contributed by atoms with van der Waals surface area (Å²) in [7, 11) is 0. The summed E-state index contributed by atoms with van der Waals surface area (Å²) in [6, 6.07) is 69.0. The molecule has 9 aromatic rings. The van der Waals surface area contributed by atoms with Crippen LogP contribution < -0.4 is 4.90 Å². The molecule has 1 heterocycles. The standard InChI is InChI=1S/C55H40N2.C4H8.C2H6/c1-4-13-38(14-5-1)40-23-29-44(30-24-40)56(45-31-25-41(26-32-45)39-15-6-2-7-16-39)46-33-27-42(28-34-46)47-20-12-21-48-49-35-36-54-55(52(49)37-51(47)48)50-19-10-11-22-53(50)57(54)43-17-8-3-9-18-43;1-3-4-2;1-2/h1-6,8-15,17-36H,7,16,37H2;3-4H,1-2H3;1-2H3/b;4-3-;. The first-order valence-corrected chi connectivity index (χ1v) is 22.5. The molecule has 2 aliphatic rings. The molecular weight excluding hydrogens is 761 g/mol. The molecule has 0 aliphatic heterocycles. The van der Waals surface area contributed by atoms with Crippen molar-refractivity contribution in [2.24, 2.45) is 0 Å². The van der Waals surface area contributed by atoms with Crippen LogP contribution in [0.15, 0.2) is 218 Å². The first-order valence-electron chi connectivity index (χ1n) is 22.5. The third-order valence-corrected chi connectivity index (χ3v) is 12.3. The molecule has 11 rings (SSSR count). The summed E-state index contributed by atoms with van der Waals surface area (Å²) in [6.07, 6.45) is 13.8. The van der Waals surface area contributed by atoms with Crippen molar-refractivity contribution in [3.63, 3.8) is 0 Å². The zero-order chi connectivity index (χ0) is 43.1. The summed E-state index contributed by atoms with van der Waals surface area (Å²) in [5, 5.41) is 2.67. The van der Waals surface area contributed by atoms with Crippen molar-refractivity contribution in [1.82, 2.24) is 4.57 Å². The number of anilines is 3. The Labute approximate surface area is 373 Å². The molecule has 2 nitrogen and oxygen atoms in total. The van der Waals surface area contributed by atoms with Gasteiger partial charge in [-0.15, -0.1) is 0 Å². The van der Waals surface area contributed by atoms with E-state index in [9.17, 15) is 0 Å². The summed E-state index contributed by atoms with van der Waals surface area (Å²) < 4.78 is 2.42. The lowest BCUT2D eigenvalue weighted by Gasteiger charge is -2.26. The number of para-hydroxylation sites is 2. The molecular formula is C61H54N2. The van der Waals surface area contributed by atoms with Gasteiger partial charge >= 0.3 is 0 Å². The molecule has 2 aliphatic carbocycles. The largest absolute Gasteiger partial charge is 0.311 e. The second-order valence-electron chi connectivity index (χ2n) is 15.8. The molecule has 8 aromatic carbocycles. The van der Waals surface area contributed by atoms with Gasteiger partial charge in [0.05, 0.1) is 11.0 Å². The highest BCUT2D eigenvalue weighted by atomic mass is 15.1. The predicted octanol–water partition coefficient (Wildman–Crippen LogP) is 17.5. The van der Waals surface area contributed by atoms with Gasteiger partial charge in [0.1, 0.15) is 0 Å². The lowest BCUT2D eigenvalue weighted by Crippen LogP contribution is -2.10. The van der Waals surface area contributed by atoms with Crippen molar-refractivity contribution in [3.05, 3.63) is 235 Å². The molecule has 0 atom stereocenters. The smallest absolute Gasteiger partial charge is 0.0544 e. The van der Waals surface area contributed by atoms with E-state index in [1.807, 2.05) is 39.8 Å². The Hall–Kier alpha value is -7.42. The van der Waals surface area contributed by atoms with Crippen LogP contribution in [0.4, 0.5) is 17.1 Å². The average molecular weight is 815 g/mol. The van der Waals surface area contributed by atoms with Gasteiger partial charge in [-0.3, -0.25) is 0 Å². The summed E-state index contributed by atoms with van der Waals surface area (Å²) in [5.74, 6) is 0. The van der Waals surface area contributed by atoms with Crippen LogP contribution in [-0.2, 0) is 6.42 Å². The van der Waals surface area contributed by atoms with Gasteiger partial charge in [0.2, 0.25) is 0 Å². The first kappa shape index (κ1) is 41.0. The number of rotatable bonds is 7. The lowest BCUT2D eigenvalue weighted by molar-refractivity contribution is 1.05. The van der Waals surface area contributed by atoms with E-state index in [2.05, 4.69) is 216 Å². The van der Waals surface area contributed by atoms with Gasteiger partial charge in [-0.25, -0.2) is 0 Å². The van der Waals surface area contributed by atoms with Crippen molar-refractivity contribution in [2.75, 3.05) is 4.90 Å². The number of nitrogens with zero attached hydrogens (tertiary/aromatic N) is 2. The van der Waals surface area contributed by atoms with Gasteiger partial charge in [-0.2, -0.15) is 0 Å². The first-order chi connectivity index (χ1) is 31.2. The Morgan fingerprint density at radius 3 is 1.65 bits per heavy atom. The summed E-state index contributed by atoms with van der Waals surface area (Å²) >= 11 is 0. The molecule has 0 fully saturated rings. The summed E-state index contributed by atoms with van der Waals surface area (Å²) in [4.78, 5) is 2.38. The minimum Gasteiger partial charge on any atom is -0.311 e. The van der Waals surface area contributed by atoms with Crippen LogP contribution in [-0.4, -0.2) is 4.57 Å². The SMILES string of the molecule is C/C=C\C.C1=CCCC(c2ccc(N(c3ccc(-c4ccccc4)cc3)c3ccc(-c4cccc5c4Cc4c-5ccc5c4c4ccccc4n5-c4ccccc4)cc3)cc2)=C1.CC. The average Bonchev–Trinajstić information content (AvgIpc) is 3.92. The predicted molar refractivity (Wildman–Crippen MR) is 273 cm³/mol. The fourth-order valence-corrected chi connectivity index (χ4v) is 9.24. The highest BCUT2D eigenvalue weighted by Gasteiger charge is 2.26. The van der Waals surface area contributed by atoms with Crippen LogP contribution in [0.5, 0.6) is 0 Å². The molecule has 0 amide bonds. The van der Waals surface area contributed by atoms with Crippen molar-refractivity contribution in [3.8, 4) is 39.1 Å². The highest BCUT2D eigenvalue weighted by molar-refractivity contribution is 6.14.